The Balaban J connectivity index is 1.86. The number of nitrogens with two attached hydrogens (primary N) is 1. The third-order valence-electron chi connectivity index (χ3n) is 2.48. The summed E-state index contributed by atoms with van der Waals surface area (Å²) in [5.41, 5.74) is 6.55. The van der Waals surface area contributed by atoms with Crippen molar-refractivity contribution in [1.82, 2.24) is 15.0 Å². The Morgan fingerprint density at radius 2 is 2.06 bits per heavy atom. The van der Waals surface area contributed by atoms with Crippen LogP contribution in [0.25, 0.3) is 0 Å². The average Bonchev–Trinajstić information content (AvgIpc) is 2.90. The molecule has 2 heterocycles. The topological polar surface area (TPSA) is 91.7 Å². The molecule has 5 N–H and O–H groups in total. The van der Waals surface area contributed by atoms with Gasteiger partial charge in [-0.05, 0) is 25.1 Å². The van der Waals surface area contributed by atoms with E-state index in [0.717, 1.165) is 30.3 Å². The number of nitrogens with zero attached hydrogens (tertiary/aromatic N) is 2. The van der Waals surface area contributed by atoms with Crippen molar-refractivity contribution in [3.8, 4) is 0 Å². The Morgan fingerprint density at radius 3 is 2.78 bits per heavy atom. The van der Waals surface area contributed by atoms with Crippen LogP contribution in [0.2, 0.25) is 0 Å². The summed E-state index contributed by atoms with van der Waals surface area (Å²) in [6.45, 7) is 2.21. The highest BCUT2D eigenvalue weighted by atomic mass is 15.1. The maximum atomic E-state index is 5.44. The van der Waals surface area contributed by atoms with Crippen molar-refractivity contribution in [2.45, 2.75) is 13.0 Å². The van der Waals surface area contributed by atoms with E-state index in [4.69, 9.17) is 5.73 Å². The molecule has 0 aliphatic heterocycles. The number of H-pyrrole nitrogens is 1. The standard InChI is InChI=1S/C12H18N6/c13-4-2-6-15-11-7-12(18-9-17-11)16-8-10-3-1-5-14-10/h1,3,5,7,9,14H,2,4,6,8,13H2,(H2,15,16,17,18). The van der Waals surface area contributed by atoms with Crippen LogP contribution in [0.5, 0.6) is 0 Å². The van der Waals surface area contributed by atoms with Crippen molar-refractivity contribution in [3.05, 3.63) is 36.4 Å². The molecular weight excluding hydrogens is 228 g/mol. The summed E-state index contributed by atoms with van der Waals surface area (Å²) in [5.74, 6) is 1.61. The van der Waals surface area contributed by atoms with E-state index in [9.17, 15) is 0 Å². The van der Waals surface area contributed by atoms with Crippen LogP contribution >= 0.6 is 0 Å². The van der Waals surface area contributed by atoms with Crippen LogP contribution in [-0.4, -0.2) is 28.0 Å². The zero-order valence-corrected chi connectivity index (χ0v) is 10.2. The quantitative estimate of drug-likeness (QED) is 0.551. The van der Waals surface area contributed by atoms with Crippen molar-refractivity contribution in [2.75, 3.05) is 23.7 Å². The average molecular weight is 246 g/mol. The second-order valence-electron chi connectivity index (χ2n) is 3.91. The predicted molar refractivity (Wildman–Crippen MR) is 72.3 cm³/mol. The van der Waals surface area contributed by atoms with Crippen LogP contribution in [0, 0.1) is 0 Å². The lowest BCUT2D eigenvalue weighted by Crippen LogP contribution is -2.10. The smallest absolute Gasteiger partial charge is 0.131 e. The third kappa shape index (κ3) is 3.74. The summed E-state index contributed by atoms with van der Waals surface area (Å²) in [7, 11) is 0. The van der Waals surface area contributed by atoms with Gasteiger partial charge in [-0.15, -0.1) is 0 Å². The number of hydrogen-bond acceptors (Lipinski definition) is 5. The van der Waals surface area contributed by atoms with E-state index in [1.165, 1.54) is 0 Å². The minimum Gasteiger partial charge on any atom is -0.370 e. The largest absolute Gasteiger partial charge is 0.370 e. The van der Waals surface area contributed by atoms with Crippen LogP contribution in [0.3, 0.4) is 0 Å². The molecule has 96 valence electrons. The van der Waals surface area contributed by atoms with E-state index in [1.807, 2.05) is 24.4 Å². The van der Waals surface area contributed by atoms with Crippen molar-refractivity contribution >= 4 is 11.6 Å². The molecule has 0 saturated heterocycles. The van der Waals surface area contributed by atoms with Crippen molar-refractivity contribution in [2.24, 2.45) is 5.73 Å². The molecule has 0 aliphatic carbocycles. The summed E-state index contributed by atoms with van der Waals surface area (Å²) in [4.78, 5) is 11.4. The molecule has 0 atom stereocenters. The first-order chi connectivity index (χ1) is 8.88. The van der Waals surface area contributed by atoms with Crippen LogP contribution in [0.4, 0.5) is 11.6 Å². The number of anilines is 2. The van der Waals surface area contributed by atoms with E-state index in [-0.39, 0.29) is 0 Å². The van der Waals surface area contributed by atoms with Crippen LogP contribution in [0.1, 0.15) is 12.1 Å². The zero-order chi connectivity index (χ0) is 12.6. The molecule has 18 heavy (non-hydrogen) atoms. The molecule has 0 amide bonds. The Labute approximate surface area is 106 Å². The lowest BCUT2D eigenvalue weighted by Gasteiger charge is -2.07. The number of aromatic nitrogens is 3. The second-order valence-corrected chi connectivity index (χ2v) is 3.91. The number of aromatic amines is 1. The molecule has 6 nitrogen and oxygen atoms in total. The highest BCUT2D eigenvalue weighted by molar-refractivity contribution is 5.46. The first-order valence-corrected chi connectivity index (χ1v) is 6.00. The summed E-state index contributed by atoms with van der Waals surface area (Å²) >= 11 is 0. The molecular formula is C12H18N6. The van der Waals surface area contributed by atoms with E-state index in [2.05, 4.69) is 25.6 Å². The van der Waals surface area contributed by atoms with Gasteiger partial charge in [-0.2, -0.15) is 0 Å². The maximum Gasteiger partial charge on any atom is 0.131 e. The molecule has 0 bridgehead atoms. The third-order valence-corrected chi connectivity index (χ3v) is 2.48. The number of hydrogen-bond donors (Lipinski definition) is 4. The fraction of sp³-hybridized carbons (Fsp3) is 0.333. The van der Waals surface area contributed by atoms with Crippen molar-refractivity contribution in [1.29, 1.82) is 0 Å². The molecule has 2 rings (SSSR count). The summed E-state index contributed by atoms with van der Waals surface area (Å²) in [6, 6.07) is 5.88. The monoisotopic (exact) mass is 246 g/mol. The van der Waals surface area contributed by atoms with Crippen LogP contribution in [-0.2, 0) is 6.54 Å². The second kappa shape index (κ2) is 6.61. The fourth-order valence-electron chi connectivity index (χ4n) is 1.53. The van der Waals surface area contributed by atoms with Crippen molar-refractivity contribution < 1.29 is 0 Å². The molecule has 6 heteroatoms. The van der Waals surface area contributed by atoms with Gasteiger partial charge in [0.2, 0.25) is 0 Å². The highest BCUT2D eigenvalue weighted by Crippen LogP contribution is 2.09. The maximum absolute atomic E-state index is 5.44. The van der Waals surface area contributed by atoms with Crippen LogP contribution < -0.4 is 16.4 Å². The van der Waals surface area contributed by atoms with Gasteiger partial charge < -0.3 is 21.4 Å². The van der Waals surface area contributed by atoms with Gasteiger partial charge in [0.25, 0.3) is 0 Å². The number of nitrogens with one attached hydrogen (secondary N) is 3. The van der Waals surface area contributed by atoms with Gasteiger partial charge in [0.1, 0.15) is 18.0 Å². The molecule has 2 aromatic heterocycles. The molecule has 0 saturated carbocycles. The summed E-state index contributed by atoms with van der Waals surface area (Å²) in [6.07, 6.45) is 4.37. The first-order valence-electron chi connectivity index (χ1n) is 6.00. The normalized spacial score (nSPS) is 10.3. The van der Waals surface area contributed by atoms with E-state index < -0.39 is 0 Å². The molecule has 0 aromatic carbocycles. The number of rotatable bonds is 7. The van der Waals surface area contributed by atoms with Gasteiger partial charge in [0, 0.05) is 24.5 Å². The molecule has 2 aromatic rings. The van der Waals surface area contributed by atoms with Gasteiger partial charge in [0.15, 0.2) is 0 Å². The van der Waals surface area contributed by atoms with Gasteiger partial charge in [0.05, 0.1) is 6.54 Å². The summed E-state index contributed by atoms with van der Waals surface area (Å²) < 4.78 is 0. The van der Waals surface area contributed by atoms with Crippen molar-refractivity contribution in [3.63, 3.8) is 0 Å². The minimum atomic E-state index is 0.677. The fourth-order valence-corrected chi connectivity index (χ4v) is 1.53. The highest BCUT2D eigenvalue weighted by Gasteiger charge is 1.98. The summed E-state index contributed by atoms with van der Waals surface area (Å²) in [5, 5.41) is 6.43. The lowest BCUT2D eigenvalue weighted by molar-refractivity contribution is 0.869. The molecule has 0 fully saturated rings. The Kier molecular flexibility index (Phi) is 4.54. The first kappa shape index (κ1) is 12.4. The molecule has 0 aliphatic rings. The lowest BCUT2D eigenvalue weighted by atomic mass is 10.4. The molecule has 0 radical (unpaired) electrons. The Hall–Kier alpha value is -2.08. The molecule has 0 spiro atoms. The van der Waals surface area contributed by atoms with Gasteiger partial charge >= 0.3 is 0 Å². The predicted octanol–water partition coefficient (Wildman–Crippen LogP) is 1.18. The zero-order valence-electron chi connectivity index (χ0n) is 10.2. The van der Waals surface area contributed by atoms with E-state index in [1.54, 1.807) is 6.33 Å². The Bertz CT molecular complexity index is 453. The molecule has 0 unspecified atom stereocenters. The van der Waals surface area contributed by atoms with E-state index >= 15 is 0 Å². The SMILES string of the molecule is NCCCNc1cc(NCc2ccc[nH]2)ncn1. The Morgan fingerprint density at radius 1 is 1.22 bits per heavy atom. The van der Waals surface area contributed by atoms with Gasteiger partial charge in [-0.3, -0.25) is 0 Å². The van der Waals surface area contributed by atoms with E-state index in [0.29, 0.717) is 13.1 Å². The van der Waals surface area contributed by atoms with Gasteiger partial charge in [-0.1, -0.05) is 0 Å². The van der Waals surface area contributed by atoms with Gasteiger partial charge in [-0.25, -0.2) is 9.97 Å². The minimum absolute atomic E-state index is 0.677. The van der Waals surface area contributed by atoms with Crippen LogP contribution in [0.15, 0.2) is 30.7 Å².